The lowest BCUT2D eigenvalue weighted by Gasteiger charge is -2.20. The normalized spacial score (nSPS) is 19.2. The summed E-state index contributed by atoms with van der Waals surface area (Å²) in [4.78, 5) is 0. The molecule has 0 aromatic rings. The fourth-order valence-corrected chi connectivity index (χ4v) is 2.96. The molecule has 1 fully saturated rings. The van der Waals surface area contributed by atoms with Crippen molar-refractivity contribution < 1.29 is 17.9 Å². The fourth-order valence-electron chi connectivity index (χ4n) is 2.06. The van der Waals surface area contributed by atoms with Crippen molar-refractivity contribution in [3.63, 3.8) is 0 Å². The maximum absolute atomic E-state index is 11.4. The summed E-state index contributed by atoms with van der Waals surface area (Å²) in [6, 6.07) is 0.269. The summed E-state index contributed by atoms with van der Waals surface area (Å²) in [5.41, 5.74) is 0. The first-order chi connectivity index (χ1) is 8.57. The van der Waals surface area contributed by atoms with E-state index in [2.05, 4.69) is 5.32 Å². The first kappa shape index (κ1) is 15.9. The van der Waals surface area contributed by atoms with Crippen molar-refractivity contribution in [3.05, 3.63) is 0 Å². The Labute approximate surface area is 110 Å². The number of ether oxygens (including phenoxy) is 2. The summed E-state index contributed by atoms with van der Waals surface area (Å²) in [7, 11) is -2.85. The molecule has 1 aliphatic heterocycles. The van der Waals surface area contributed by atoms with Crippen molar-refractivity contribution in [2.24, 2.45) is 0 Å². The van der Waals surface area contributed by atoms with Gasteiger partial charge in [-0.25, -0.2) is 8.42 Å². The molecular formula is C12H25NO4S. The maximum Gasteiger partial charge on any atom is 0.159 e. The average Bonchev–Trinajstić information content (AvgIpc) is 2.82. The monoisotopic (exact) mass is 279 g/mol. The first-order valence-corrected chi connectivity index (χ1v) is 8.56. The Kier molecular flexibility index (Phi) is 7.14. The molecule has 0 aromatic heterocycles. The zero-order valence-corrected chi connectivity index (χ0v) is 12.2. The van der Waals surface area contributed by atoms with Gasteiger partial charge >= 0.3 is 0 Å². The third kappa shape index (κ3) is 6.13. The average molecular weight is 279 g/mol. The van der Waals surface area contributed by atoms with Crippen LogP contribution in [0.25, 0.3) is 0 Å². The van der Waals surface area contributed by atoms with Crippen LogP contribution in [0.2, 0.25) is 0 Å². The van der Waals surface area contributed by atoms with Gasteiger partial charge < -0.3 is 14.8 Å². The molecule has 1 N–H and O–H groups in total. The summed E-state index contributed by atoms with van der Waals surface area (Å²) in [6.45, 7) is 5.93. The van der Waals surface area contributed by atoms with Crippen LogP contribution in [0.3, 0.4) is 0 Å². The molecule has 5 nitrogen and oxygen atoms in total. The van der Waals surface area contributed by atoms with Gasteiger partial charge in [-0.05, 0) is 19.4 Å². The van der Waals surface area contributed by atoms with Crippen LogP contribution in [-0.4, -0.2) is 52.0 Å². The second kappa shape index (κ2) is 8.09. The predicted molar refractivity (Wildman–Crippen MR) is 71.3 cm³/mol. The number of hydrogen-bond donors (Lipinski definition) is 1. The van der Waals surface area contributed by atoms with Gasteiger partial charge in [-0.15, -0.1) is 0 Å². The second-order valence-electron chi connectivity index (χ2n) is 4.54. The van der Waals surface area contributed by atoms with Gasteiger partial charge in [0.25, 0.3) is 0 Å². The number of rotatable bonds is 9. The van der Waals surface area contributed by atoms with Crippen LogP contribution >= 0.6 is 0 Å². The Bertz CT molecular complexity index is 312. The molecule has 1 atom stereocenters. The van der Waals surface area contributed by atoms with Gasteiger partial charge in [-0.1, -0.05) is 13.8 Å². The molecule has 0 saturated carbocycles. The van der Waals surface area contributed by atoms with Crippen LogP contribution in [0.4, 0.5) is 0 Å². The van der Waals surface area contributed by atoms with Crippen molar-refractivity contribution in [1.82, 2.24) is 5.32 Å². The van der Waals surface area contributed by atoms with Crippen LogP contribution in [-0.2, 0) is 19.3 Å². The predicted octanol–water partition coefficient (Wildman–Crippen LogP) is 0.942. The van der Waals surface area contributed by atoms with Crippen molar-refractivity contribution >= 4 is 9.84 Å². The third-order valence-corrected chi connectivity index (χ3v) is 4.90. The Hall–Kier alpha value is -0.170. The van der Waals surface area contributed by atoms with Gasteiger partial charge in [0, 0.05) is 18.2 Å². The van der Waals surface area contributed by atoms with Gasteiger partial charge in [0.05, 0.1) is 19.0 Å². The molecule has 0 aromatic carbocycles. The van der Waals surface area contributed by atoms with E-state index < -0.39 is 9.84 Å². The van der Waals surface area contributed by atoms with Crippen LogP contribution in [0.1, 0.15) is 33.1 Å². The Morgan fingerprint density at radius 1 is 1.28 bits per heavy atom. The second-order valence-corrected chi connectivity index (χ2v) is 7.01. The summed E-state index contributed by atoms with van der Waals surface area (Å²) in [5.74, 6) is 0.505. The van der Waals surface area contributed by atoms with Crippen LogP contribution in [0.5, 0.6) is 0 Å². The van der Waals surface area contributed by atoms with E-state index in [1.54, 1.807) is 6.92 Å². The van der Waals surface area contributed by atoms with Crippen LogP contribution < -0.4 is 5.32 Å². The SMILES string of the molecule is CCNC(CCCS(=O)(=O)CC)CC1OCCO1. The molecule has 0 aliphatic carbocycles. The molecule has 0 radical (unpaired) electrons. The van der Waals surface area contributed by atoms with Crippen LogP contribution in [0.15, 0.2) is 0 Å². The Morgan fingerprint density at radius 2 is 1.94 bits per heavy atom. The summed E-state index contributed by atoms with van der Waals surface area (Å²) in [6.07, 6.45) is 2.20. The largest absolute Gasteiger partial charge is 0.350 e. The lowest BCUT2D eigenvalue weighted by atomic mass is 10.1. The third-order valence-electron chi connectivity index (χ3n) is 3.11. The first-order valence-electron chi connectivity index (χ1n) is 6.74. The Balaban J connectivity index is 2.28. The highest BCUT2D eigenvalue weighted by atomic mass is 32.2. The van der Waals surface area contributed by atoms with Crippen molar-refractivity contribution in [2.45, 2.75) is 45.4 Å². The van der Waals surface area contributed by atoms with Gasteiger partial charge in [-0.3, -0.25) is 0 Å². The quantitative estimate of drug-likeness (QED) is 0.680. The van der Waals surface area contributed by atoms with E-state index in [4.69, 9.17) is 9.47 Å². The topological polar surface area (TPSA) is 64.6 Å². The van der Waals surface area contributed by atoms with E-state index in [-0.39, 0.29) is 23.8 Å². The van der Waals surface area contributed by atoms with E-state index >= 15 is 0 Å². The minimum atomic E-state index is -2.85. The van der Waals surface area contributed by atoms with Gasteiger partial charge in [0.15, 0.2) is 6.29 Å². The summed E-state index contributed by atoms with van der Waals surface area (Å²) in [5, 5.41) is 3.36. The molecule has 0 amide bonds. The molecule has 0 spiro atoms. The molecule has 1 saturated heterocycles. The number of sulfone groups is 1. The highest BCUT2D eigenvalue weighted by Gasteiger charge is 2.21. The van der Waals surface area contributed by atoms with Gasteiger partial charge in [0.2, 0.25) is 0 Å². The zero-order chi connectivity index (χ0) is 13.4. The van der Waals surface area contributed by atoms with Gasteiger partial charge in [-0.2, -0.15) is 0 Å². The summed E-state index contributed by atoms with van der Waals surface area (Å²) < 4.78 is 33.7. The number of hydrogen-bond acceptors (Lipinski definition) is 5. The molecule has 0 bridgehead atoms. The molecule has 108 valence electrons. The summed E-state index contributed by atoms with van der Waals surface area (Å²) >= 11 is 0. The van der Waals surface area contributed by atoms with E-state index in [1.807, 2.05) is 6.92 Å². The molecule has 18 heavy (non-hydrogen) atoms. The smallest absolute Gasteiger partial charge is 0.159 e. The van der Waals surface area contributed by atoms with Crippen LogP contribution in [0, 0.1) is 0 Å². The minimum Gasteiger partial charge on any atom is -0.350 e. The minimum absolute atomic E-state index is 0.128. The standard InChI is InChI=1S/C12H25NO4S/c1-3-13-11(10-12-16-7-8-17-12)6-5-9-18(14,15)4-2/h11-13H,3-10H2,1-2H3. The van der Waals surface area contributed by atoms with Crippen molar-refractivity contribution in [3.8, 4) is 0 Å². The van der Waals surface area contributed by atoms with Crippen molar-refractivity contribution in [1.29, 1.82) is 0 Å². The Morgan fingerprint density at radius 3 is 2.50 bits per heavy atom. The molecule has 1 heterocycles. The zero-order valence-electron chi connectivity index (χ0n) is 11.4. The highest BCUT2D eigenvalue weighted by molar-refractivity contribution is 7.91. The van der Waals surface area contributed by atoms with E-state index in [0.717, 1.165) is 19.4 Å². The van der Waals surface area contributed by atoms with E-state index in [9.17, 15) is 8.42 Å². The molecule has 1 rings (SSSR count). The molecular weight excluding hydrogens is 254 g/mol. The van der Waals surface area contributed by atoms with Crippen molar-refractivity contribution in [2.75, 3.05) is 31.3 Å². The van der Waals surface area contributed by atoms with Gasteiger partial charge in [0.1, 0.15) is 9.84 Å². The lowest BCUT2D eigenvalue weighted by Crippen LogP contribution is -2.33. The lowest BCUT2D eigenvalue weighted by molar-refractivity contribution is -0.0530. The van der Waals surface area contributed by atoms with E-state index in [0.29, 0.717) is 19.6 Å². The molecule has 6 heteroatoms. The maximum atomic E-state index is 11.4. The molecule has 1 aliphatic rings. The fraction of sp³-hybridized carbons (Fsp3) is 1.00. The molecule has 1 unspecified atom stereocenters. The van der Waals surface area contributed by atoms with E-state index in [1.165, 1.54) is 0 Å². The highest BCUT2D eigenvalue weighted by Crippen LogP contribution is 2.14. The number of nitrogens with one attached hydrogen (secondary N) is 1.